The van der Waals surface area contributed by atoms with Gasteiger partial charge in [-0.15, -0.1) is 0 Å². The van der Waals surface area contributed by atoms with Crippen molar-refractivity contribution in [3.05, 3.63) is 0 Å². The van der Waals surface area contributed by atoms with E-state index in [1.54, 1.807) is 0 Å². The van der Waals surface area contributed by atoms with Crippen molar-refractivity contribution in [3.63, 3.8) is 0 Å². The Balaban J connectivity index is 2.74. The summed E-state index contributed by atoms with van der Waals surface area (Å²) in [5, 5.41) is 0. The van der Waals surface area contributed by atoms with E-state index in [9.17, 15) is 9.59 Å². The maximum Gasteiger partial charge on any atom is 0.228 e. The summed E-state index contributed by atoms with van der Waals surface area (Å²) < 4.78 is 0. The van der Waals surface area contributed by atoms with Crippen molar-refractivity contribution in [3.8, 4) is 0 Å². The summed E-state index contributed by atoms with van der Waals surface area (Å²) in [6.45, 7) is 3.96. The maximum atomic E-state index is 11.1. The summed E-state index contributed by atoms with van der Waals surface area (Å²) in [5.74, 6) is -0.993. The first-order valence-electron chi connectivity index (χ1n) is 3.74. The first-order valence-corrected chi connectivity index (χ1v) is 3.74. The van der Waals surface area contributed by atoms with Crippen LogP contribution in [0, 0.1) is 11.3 Å². The second kappa shape index (κ2) is 2.32. The number of Topliss-reactive ketones (excluding diaryl/α,β-unsaturated/α-hetero) is 1. The second-order valence-electron chi connectivity index (χ2n) is 3.97. The molecule has 0 spiro atoms. The average molecular weight is 155 g/mol. The molecule has 1 aliphatic carbocycles. The Morgan fingerprint density at radius 3 is 2.36 bits per heavy atom. The lowest BCUT2D eigenvalue weighted by Crippen LogP contribution is -2.26. The molecule has 3 heteroatoms. The zero-order valence-electron chi connectivity index (χ0n) is 6.89. The molecule has 1 aliphatic rings. The van der Waals surface area contributed by atoms with E-state index in [2.05, 4.69) is 0 Å². The number of hydrogen-bond donors (Lipinski definition) is 1. The molecule has 2 N–H and O–H groups in total. The number of ketones is 1. The average Bonchev–Trinajstić information content (AvgIpc) is 2.05. The summed E-state index contributed by atoms with van der Waals surface area (Å²) in [4.78, 5) is 21.8. The first-order chi connectivity index (χ1) is 4.92. The van der Waals surface area contributed by atoms with E-state index in [1.807, 2.05) is 13.8 Å². The van der Waals surface area contributed by atoms with Gasteiger partial charge in [-0.25, -0.2) is 0 Å². The van der Waals surface area contributed by atoms with Gasteiger partial charge in [0, 0.05) is 6.42 Å². The molecule has 0 unspecified atom stereocenters. The molecular weight excluding hydrogens is 142 g/mol. The van der Waals surface area contributed by atoms with Crippen molar-refractivity contribution in [2.24, 2.45) is 17.1 Å². The van der Waals surface area contributed by atoms with Gasteiger partial charge in [-0.2, -0.15) is 0 Å². The predicted molar refractivity (Wildman–Crippen MR) is 40.7 cm³/mol. The zero-order chi connectivity index (χ0) is 8.65. The predicted octanol–water partition coefficient (Wildman–Crippen LogP) is 0.477. The summed E-state index contributed by atoms with van der Waals surface area (Å²) in [5.41, 5.74) is 5.02. The molecule has 62 valence electrons. The molecule has 1 fully saturated rings. The minimum Gasteiger partial charge on any atom is -0.369 e. The van der Waals surface area contributed by atoms with Crippen LogP contribution in [-0.4, -0.2) is 11.7 Å². The number of primary amides is 1. The second-order valence-corrected chi connectivity index (χ2v) is 3.97. The van der Waals surface area contributed by atoms with Gasteiger partial charge in [0.25, 0.3) is 0 Å². The molecule has 1 atom stereocenters. The van der Waals surface area contributed by atoms with E-state index in [1.165, 1.54) is 0 Å². The first kappa shape index (κ1) is 8.24. The van der Waals surface area contributed by atoms with Crippen LogP contribution in [0.4, 0.5) is 0 Å². The Morgan fingerprint density at radius 1 is 1.64 bits per heavy atom. The van der Waals surface area contributed by atoms with Gasteiger partial charge in [0.2, 0.25) is 5.91 Å². The third kappa shape index (κ3) is 1.59. The minimum atomic E-state index is -0.523. The molecule has 3 nitrogen and oxygen atoms in total. The van der Waals surface area contributed by atoms with E-state index in [4.69, 9.17) is 5.73 Å². The molecular formula is C8H13NO2. The highest BCUT2D eigenvalue weighted by molar-refractivity contribution is 6.02. The van der Waals surface area contributed by atoms with Crippen molar-refractivity contribution in [2.45, 2.75) is 26.7 Å². The summed E-state index contributed by atoms with van der Waals surface area (Å²) in [6.07, 6.45) is 1.10. The van der Waals surface area contributed by atoms with E-state index in [-0.39, 0.29) is 11.2 Å². The van der Waals surface area contributed by atoms with E-state index < -0.39 is 11.8 Å². The van der Waals surface area contributed by atoms with Gasteiger partial charge in [0.05, 0.1) is 5.92 Å². The van der Waals surface area contributed by atoms with Crippen LogP contribution in [-0.2, 0) is 9.59 Å². The number of carbonyl (C=O) groups is 2. The standard InChI is InChI=1S/C8H13NO2/c1-8(2)3-5(7(9)11)6(10)4-8/h5H,3-4H2,1-2H3,(H2,9,11)/t5-/m1/s1. The fourth-order valence-corrected chi connectivity index (χ4v) is 1.59. The van der Waals surface area contributed by atoms with Crippen LogP contribution in [0.1, 0.15) is 26.7 Å². The highest BCUT2D eigenvalue weighted by Crippen LogP contribution is 2.38. The molecule has 0 aromatic carbocycles. The van der Waals surface area contributed by atoms with Crippen LogP contribution < -0.4 is 5.73 Å². The largest absolute Gasteiger partial charge is 0.369 e. The lowest BCUT2D eigenvalue weighted by molar-refractivity contribution is -0.130. The normalized spacial score (nSPS) is 28.9. The van der Waals surface area contributed by atoms with Gasteiger partial charge in [0.15, 0.2) is 0 Å². The fourth-order valence-electron chi connectivity index (χ4n) is 1.59. The van der Waals surface area contributed by atoms with Gasteiger partial charge in [-0.05, 0) is 11.8 Å². The Bertz CT molecular complexity index is 208. The number of nitrogens with two attached hydrogens (primary N) is 1. The highest BCUT2D eigenvalue weighted by atomic mass is 16.2. The van der Waals surface area contributed by atoms with Crippen LogP contribution in [0.5, 0.6) is 0 Å². The topological polar surface area (TPSA) is 60.2 Å². The number of carbonyl (C=O) groups excluding carboxylic acids is 2. The summed E-state index contributed by atoms with van der Waals surface area (Å²) >= 11 is 0. The minimum absolute atomic E-state index is 0.00231. The maximum absolute atomic E-state index is 11.1. The van der Waals surface area contributed by atoms with Gasteiger partial charge >= 0.3 is 0 Å². The van der Waals surface area contributed by atoms with Gasteiger partial charge in [0.1, 0.15) is 5.78 Å². The van der Waals surface area contributed by atoms with E-state index >= 15 is 0 Å². The van der Waals surface area contributed by atoms with Crippen LogP contribution in [0.25, 0.3) is 0 Å². The molecule has 0 aliphatic heterocycles. The molecule has 0 saturated heterocycles. The summed E-state index contributed by atoms with van der Waals surface area (Å²) in [7, 11) is 0. The molecule has 1 rings (SSSR count). The lowest BCUT2D eigenvalue weighted by Gasteiger charge is -2.13. The number of amides is 1. The third-order valence-corrected chi connectivity index (χ3v) is 2.14. The van der Waals surface area contributed by atoms with Crippen LogP contribution in [0.3, 0.4) is 0 Å². The Kier molecular flexibility index (Phi) is 1.74. The Hall–Kier alpha value is -0.860. The molecule has 0 bridgehead atoms. The lowest BCUT2D eigenvalue weighted by atomic mass is 9.90. The number of rotatable bonds is 1. The van der Waals surface area contributed by atoms with Gasteiger partial charge in [-0.1, -0.05) is 13.8 Å². The molecule has 0 radical (unpaired) electrons. The zero-order valence-corrected chi connectivity index (χ0v) is 6.89. The smallest absolute Gasteiger partial charge is 0.228 e. The van der Waals surface area contributed by atoms with E-state index in [0.717, 1.165) is 0 Å². The van der Waals surface area contributed by atoms with E-state index in [0.29, 0.717) is 12.8 Å². The molecule has 0 aromatic heterocycles. The third-order valence-electron chi connectivity index (χ3n) is 2.14. The van der Waals surface area contributed by atoms with Crippen LogP contribution >= 0.6 is 0 Å². The molecule has 0 heterocycles. The SMILES string of the molecule is CC1(C)CC(=O)[C@H](C(N)=O)C1. The highest BCUT2D eigenvalue weighted by Gasteiger charge is 2.40. The Morgan fingerprint density at radius 2 is 2.18 bits per heavy atom. The number of hydrogen-bond acceptors (Lipinski definition) is 2. The summed E-state index contributed by atoms with van der Waals surface area (Å²) in [6, 6.07) is 0. The van der Waals surface area contributed by atoms with Crippen molar-refractivity contribution < 1.29 is 9.59 Å². The van der Waals surface area contributed by atoms with Gasteiger partial charge < -0.3 is 5.73 Å². The monoisotopic (exact) mass is 155 g/mol. The van der Waals surface area contributed by atoms with Gasteiger partial charge in [-0.3, -0.25) is 9.59 Å². The molecule has 1 saturated carbocycles. The van der Waals surface area contributed by atoms with Crippen LogP contribution in [0.2, 0.25) is 0 Å². The molecule has 11 heavy (non-hydrogen) atoms. The van der Waals surface area contributed by atoms with Crippen molar-refractivity contribution in [2.75, 3.05) is 0 Å². The van der Waals surface area contributed by atoms with Crippen molar-refractivity contribution in [1.29, 1.82) is 0 Å². The quantitative estimate of drug-likeness (QED) is 0.560. The van der Waals surface area contributed by atoms with Crippen molar-refractivity contribution in [1.82, 2.24) is 0 Å². The molecule has 1 amide bonds. The van der Waals surface area contributed by atoms with Crippen molar-refractivity contribution >= 4 is 11.7 Å². The van der Waals surface area contributed by atoms with Crippen LogP contribution in [0.15, 0.2) is 0 Å². The fraction of sp³-hybridized carbons (Fsp3) is 0.750. The Labute approximate surface area is 66.0 Å². The molecule has 0 aromatic rings.